The minimum absolute atomic E-state index is 0. The molecule has 1 aliphatic carbocycles. The van der Waals surface area contributed by atoms with Crippen molar-refractivity contribution >= 4 is 18.3 Å². The van der Waals surface area contributed by atoms with Gasteiger partial charge in [0.25, 0.3) is 0 Å². The van der Waals surface area contributed by atoms with Crippen molar-refractivity contribution in [3.05, 3.63) is 0 Å². The fourth-order valence-electron chi connectivity index (χ4n) is 2.92. The molecule has 1 saturated heterocycles. The van der Waals surface area contributed by atoms with Crippen LogP contribution in [0, 0.1) is 5.92 Å². The normalized spacial score (nSPS) is 31.5. The van der Waals surface area contributed by atoms with E-state index in [1.54, 1.807) is 7.11 Å². The standard InChI is InChI=1S/C12H22N2O2.ClH/c1-16-7-6-13-12(15)11-8-9-4-2-3-5-10(9)14-11;/h9-11,14H,2-8H2,1H3,(H,13,15);1H. The van der Waals surface area contributed by atoms with Gasteiger partial charge < -0.3 is 15.4 Å². The van der Waals surface area contributed by atoms with Crippen LogP contribution in [0.3, 0.4) is 0 Å². The molecule has 2 rings (SSSR count). The number of amides is 1. The van der Waals surface area contributed by atoms with Crippen LogP contribution in [0.2, 0.25) is 0 Å². The van der Waals surface area contributed by atoms with Gasteiger partial charge in [-0.15, -0.1) is 12.4 Å². The first-order valence-electron chi connectivity index (χ1n) is 6.34. The molecule has 5 heteroatoms. The van der Waals surface area contributed by atoms with Crippen LogP contribution in [0.1, 0.15) is 32.1 Å². The van der Waals surface area contributed by atoms with Gasteiger partial charge in [-0.2, -0.15) is 0 Å². The van der Waals surface area contributed by atoms with Crippen LogP contribution in [0.25, 0.3) is 0 Å². The summed E-state index contributed by atoms with van der Waals surface area (Å²) in [6, 6.07) is 0.622. The van der Waals surface area contributed by atoms with Gasteiger partial charge >= 0.3 is 0 Å². The number of halogens is 1. The van der Waals surface area contributed by atoms with Crippen molar-refractivity contribution < 1.29 is 9.53 Å². The molecule has 0 aromatic carbocycles. The molecule has 2 aliphatic rings. The van der Waals surface area contributed by atoms with Gasteiger partial charge in [0.05, 0.1) is 12.6 Å². The monoisotopic (exact) mass is 262 g/mol. The molecule has 3 atom stereocenters. The Morgan fingerprint density at radius 2 is 2.18 bits per heavy atom. The van der Waals surface area contributed by atoms with Gasteiger partial charge in [0, 0.05) is 19.7 Å². The average Bonchev–Trinajstić information content (AvgIpc) is 2.73. The molecule has 0 radical (unpaired) electrons. The van der Waals surface area contributed by atoms with E-state index in [0.29, 0.717) is 19.2 Å². The minimum Gasteiger partial charge on any atom is -0.383 e. The summed E-state index contributed by atoms with van der Waals surface area (Å²) in [6.45, 7) is 1.20. The summed E-state index contributed by atoms with van der Waals surface area (Å²) in [5.74, 6) is 0.873. The fraction of sp³-hybridized carbons (Fsp3) is 0.917. The highest BCUT2D eigenvalue weighted by atomic mass is 35.5. The van der Waals surface area contributed by atoms with E-state index in [9.17, 15) is 4.79 Å². The zero-order valence-corrected chi connectivity index (χ0v) is 11.2. The first kappa shape index (κ1) is 14.7. The third kappa shape index (κ3) is 3.83. The van der Waals surface area contributed by atoms with Gasteiger partial charge in [-0.3, -0.25) is 4.79 Å². The number of nitrogens with one attached hydrogen (secondary N) is 2. The van der Waals surface area contributed by atoms with Crippen molar-refractivity contribution in [3.8, 4) is 0 Å². The lowest BCUT2D eigenvalue weighted by Crippen LogP contribution is -2.44. The molecule has 1 aliphatic heterocycles. The van der Waals surface area contributed by atoms with Crippen molar-refractivity contribution in [2.75, 3.05) is 20.3 Å². The Balaban J connectivity index is 0.00000144. The Labute approximate surface area is 109 Å². The second-order valence-corrected chi connectivity index (χ2v) is 4.89. The summed E-state index contributed by atoms with van der Waals surface area (Å²) in [4.78, 5) is 11.8. The Bertz CT molecular complexity index is 237. The second kappa shape index (κ2) is 7.19. The fourth-order valence-corrected chi connectivity index (χ4v) is 2.92. The summed E-state index contributed by atoms with van der Waals surface area (Å²) < 4.78 is 4.91. The average molecular weight is 263 g/mol. The van der Waals surface area contributed by atoms with Crippen molar-refractivity contribution in [1.29, 1.82) is 0 Å². The number of hydrogen-bond donors (Lipinski definition) is 2. The molecule has 1 heterocycles. The Morgan fingerprint density at radius 1 is 1.41 bits per heavy atom. The number of carbonyl (C=O) groups excluding carboxylic acids is 1. The highest BCUT2D eigenvalue weighted by Gasteiger charge is 2.37. The highest BCUT2D eigenvalue weighted by Crippen LogP contribution is 2.33. The second-order valence-electron chi connectivity index (χ2n) is 4.89. The minimum atomic E-state index is 0. The lowest BCUT2D eigenvalue weighted by atomic mass is 9.85. The molecule has 3 unspecified atom stereocenters. The predicted octanol–water partition coefficient (Wildman–Crippen LogP) is 1.09. The number of ether oxygens (including phenoxy) is 1. The molecule has 1 saturated carbocycles. The molecule has 0 bridgehead atoms. The molecular weight excluding hydrogens is 240 g/mol. The SMILES string of the molecule is COCCNC(=O)C1CC2CCCCC2N1.Cl. The molecule has 2 N–H and O–H groups in total. The number of fused-ring (bicyclic) bond motifs is 1. The van der Waals surface area contributed by atoms with Gasteiger partial charge in [-0.25, -0.2) is 0 Å². The lowest BCUT2D eigenvalue weighted by Gasteiger charge is -2.24. The van der Waals surface area contributed by atoms with E-state index >= 15 is 0 Å². The Kier molecular flexibility index (Phi) is 6.23. The third-order valence-corrected chi connectivity index (χ3v) is 3.78. The molecule has 17 heavy (non-hydrogen) atoms. The third-order valence-electron chi connectivity index (χ3n) is 3.78. The molecule has 2 fully saturated rings. The van der Waals surface area contributed by atoms with E-state index in [1.165, 1.54) is 25.7 Å². The van der Waals surface area contributed by atoms with Gasteiger partial charge in [0.2, 0.25) is 5.91 Å². The number of carbonyl (C=O) groups is 1. The molecule has 4 nitrogen and oxygen atoms in total. The maximum atomic E-state index is 11.8. The van der Waals surface area contributed by atoms with Crippen LogP contribution >= 0.6 is 12.4 Å². The van der Waals surface area contributed by atoms with E-state index in [2.05, 4.69) is 10.6 Å². The molecule has 1 amide bonds. The number of hydrogen-bond acceptors (Lipinski definition) is 3. The van der Waals surface area contributed by atoms with Gasteiger partial charge in [-0.1, -0.05) is 12.8 Å². The summed E-state index contributed by atoms with van der Waals surface area (Å²) in [5, 5.41) is 6.38. The van der Waals surface area contributed by atoms with Crippen LogP contribution in [-0.2, 0) is 9.53 Å². The molecule has 0 spiro atoms. The van der Waals surface area contributed by atoms with E-state index in [0.717, 1.165) is 12.3 Å². The Hall–Kier alpha value is -0.320. The van der Waals surface area contributed by atoms with Crippen LogP contribution < -0.4 is 10.6 Å². The highest BCUT2D eigenvalue weighted by molar-refractivity contribution is 5.85. The maximum absolute atomic E-state index is 11.8. The van der Waals surface area contributed by atoms with Crippen LogP contribution in [-0.4, -0.2) is 38.3 Å². The smallest absolute Gasteiger partial charge is 0.237 e. The van der Waals surface area contributed by atoms with E-state index in [4.69, 9.17) is 4.74 Å². The first-order chi connectivity index (χ1) is 7.81. The van der Waals surface area contributed by atoms with Crippen molar-refractivity contribution in [3.63, 3.8) is 0 Å². The topological polar surface area (TPSA) is 50.4 Å². The zero-order valence-electron chi connectivity index (χ0n) is 10.4. The van der Waals surface area contributed by atoms with E-state index in [-0.39, 0.29) is 24.4 Å². The van der Waals surface area contributed by atoms with E-state index < -0.39 is 0 Å². The summed E-state index contributed by atoms with van der Waals surface area (Å²) in [6.07, 6.45) is 6.20. The first-order valence-corrected chi connectivity index (χ1v) is 6.34. The summed E-state index contributed by atoms with van der Waals surface area (Å²) in [7, 11) is 1.65. The molecular formula is C12H23ClN2O2. The van der Waals surface area contributed by atoms with Crippen LogP contribution in [0.5, 0.6) is 0 Å². The van der Waals surface area contributed by atoms with E-state index in [1.807, 2.05) is 0 Å². The number of rotatable bonds is 4. The molecule has 0 aromatic rings. The largest absolute Gasteiger partial charge is 0.383 e. The molecule has 100 valence electrons. The van der Waals surface area contributed by atoms with Crippen LogP contribution in [0.4, 0.5) is 0 Å². The number of methoxy groups -OCH3 is 1. The van der Waals surface area contributed by atoms with Gasteiger partial charge in [-0.05, 0) is 25.2 Å². The van der Waals surface area contributed by atoms with Crippen molar-refractivity contribution in [2.24, 2.45) is 5.92 Å². The van der Waals surface area contributed by atoms with Crippen molar-refractivity contribution in [2.45, 2.75) is 44.2 Å². The maximum Gasteiger partial charge on any atom is 0.237 e. The summed E-state index contributed by atoms with van der Waals surface area (Å²) >= 11 is 0. The zero-order chi connectivity index (χ0) is 11.4. The quantitative estimate of drug-likeness (QED) is 0.746. The van der Waals surface area contributed by atoms with Crippen molar-refractivity contribution in [1.82, 2.24) is 10.6 Å². The lowest BCUT2D eigenvalue weighted by molar-refractivity contribution is -0.123. The Morgan fingerprint density at radius 3 is 2.88 bits per heavy atom. The van der Waals surface area contributed by atoms with Gasteiger partial charge in [0.15, 0.2) is 0 Å². The summed E-state index contributed by atoms with van der Waals surface area (Å²) in [5.41, 5.74) is 0. The van der Waals surface area contributed by atoms with Gasteiger partial charge in [0.1, 0.15) is 0 Å². The van der Waals surface area contributed by atoms with Crippen LogP contribution in [0.15, 0.2) is 0 Å². The molecule has 0 aromatic heterocycles. The predicted molar refractivity (Wildman–Crippen MR) is 69.4 cm³/mol.